The first-order chi connectivity index (χ1) is 8.14. The number of carbonyl (C=O) groups is 2. The SMILES string of the molecule is O=C(O)c1ccc(Cl)c(Cl)c1NC(=O)C(F)(F)F. The molecule has 0 unspecified atom stereocenters. The van der Waals surface area contributed by atoms with E-state index in [9.17, 15) is 22.8 Å². The molecule has 0 atom stereocenters. The normalized spacial score (nSPS) is 11.2. The molecule has 0 aliphatic rings. The second-order valence-electron chi connectivity index (χ2n) is 3.04. The smallest absolute Gasteiger partial charge is 0.471 e. The maximum atomic E-state index is 12.1. The molecule has 9 heteroatoms. The Kier molecular flexibility index (Phi) is 4.08. The number of hydrogen-bond donors (Lipinski definition) is 2. The van der Waals surface area contributed by atoms with Crippen molar-refractivity contribution in [3.63, 3.8) is 0 Å². The van der Waals surface area contributed by atoms with Gasteiger partial charge in [0.25, 0.3) is 0 Å². The minimum atomic E-state index is -5.17. The minimum absolute atomic E-state index is 0.181. The van der Waals surface area contributed by atoms with Crippen LogP contribution in [0.15, 0.2) is 12.1 Å². The number of carbonyl (C=O) groups excluding carboxylic acids is 1. The largest absolute Gasteiger partial charge is 0.478 e. The summed E-state index contributed by atoms with van der Waals surface area (Å²) < 4.78 is 36.2. The molecule has 18 heavy (non-hydrogen) atoms. The maximum absolute atomic E-state index is 12.1. The first kappa shape index (κ1) is 14.6. The van der Waals surface area contributed by atoms with Crippen LogP contribution in [-0.4, -0.2) is 23.2 Å². The fraction of sp³-hybridized carbons (Fsp3) is 0.111. The quantitative estimate of drug-likeness (QED) is 0.881. The van der Waals surface area contributed by atoms with Gasteiger partial charge in [-0.25, -0.2) is 4.79 Å². The van der Waals surface area contributed by atoms with Crippen molar-refractivity contribution in [3.05, 3.63) is 27.7 Å². The molecular formula is C9H4Cl2F3NO3. The van der Waals surface area contributed by atoms with Crippen LogP contribution in [0.3, 0.4) is 0 Å². The third-order valence-electron chi connectivity index (χ3n) is 1.82. The fourth-order valence-corrected chi connectivity index (χ4v) is 1.40. The summed E-state index contributed by atoms with van der Waals surface area (Å²) in [6.07, 6.45) is -5.17. The van der Waals surface area contributed by atoms with Gasteiger partial charge in [0.1, 0.15) is 0 Å². The Morgan fingerprint density at radius 2 is 1.78 bits per heavy atom. The number of halogens is 5. The summed E-state index contributed by atoms with van der Waals surface area (Å²) in [7, 11) is 0. The Balaban J connectivity index is 3.26. The highest BCUT2D eigenvalue weighted by Crippen LogP contribution is 2.34. The number of hydrogen-bond acceptors (Lipinski definition) is 2. The Hall–Kier alpha value is -1.47. The number of carboxylic acid groups (broad SMARTS) is 1. The molecule has 0 fully saturated rings. The lowest BCUT2D eigenvalue weighted by Crippen LogP contribution is -2.30. The summed E-state index contributed by atoms with van der Waals surface area (Å²) >= 11 is 11.1. The van der Waals surface area contributed by atoms with Crippen molar-refractivity contribution in [3.8, 4) is 0 Å². The standard InChI is InChI=1S/C9H4Cl2F3NO3/c10-4-2-1-3(7(16)17)6(5(4)11)15-8(18)9(12,13)14/h1-2H,(H,15,18)(H,16,17). The molecule has 1 amide bonds. The van der Waals surface area contributed by atoms with Crippen LogP contribution in [-0.2, 0) is 4.79 Å². The predicted octanol–water partition coefficient (Wildman–Crippen LogP) is 3.19. The lowest BCUT2D eigenvalue weighted by molar-refractivity contribution is -0.167. The van der Waals surface area contributed by atoms with Gasteiger partial charge in [0, 0.05) is 0 Å². The van der Waals surface area contributed by atoms with Crippen molar-refractivity contribution < 1.29 is 27.9 Å². The Morgan fingerprint density at radius 1 is 1.22 bits per heavy atom. The van der Waals surface area contributed by atoms with Gasteiger partial charge in [-0.15, -0.1) is 0 Å². The Labute approximate surface area is 108 Å². The monoisotopic (exact) mass is 301 g/mol. The number of anilines is 1. The van der Waals surface area contributed by atoms with Crippen molar-refractivity contribution in [2.24, 2.45) is 0 Å². The van der Waals surface area contributed by atoms with Gasteiger partial charge >= 0.3 is 18.1 Å². The van der Waals surface area contributed by atoms with Crippen LogP contribution in [0.2, 0.25) is 10.0 Å². The van der Waals surface area contributed by atoms with Crippen molar-refractivity contribution >= 4 is 40.8 Å². The summed E-state index contributed by atoms with van der Waals surface area (Å²) in [5.74, 6) is -3.89. The van der Waals surface area contributed by atoms with E-state index < -0.39 is 34.3 Å². The van der Waals surface area contributed by atoms with Gasteiger partial charge in [0.05, 0.1) is 21.3 Å². The van der Waals surface area contributed by atoms with Crippen LogP contribution < -0.4 is 5.32 Å². The highest BCUT2D eigenvalue weighted by molar-refractivity contribution is 6.44. The van der Waals surface area contributed by atoms with E-state index in [0.717, 1.165) is 12.1 Å². The first-order valence-corrected chi connectivity index (χ1v) is 4.99. The lowest BCUT2D eigenvalue weighted by Gasteiger charge is -2.12. The van der Waals surface area contributed by atoms with E-state index in [1.54, 1.807) is 0 Å². The van der Waals surface area contributed by atoms with Crippen molar-refractivity contribution in [1.29, 1.82) is 0 Å². The molecule has 98 valence electrons. The molecule has 0 aliphatic heterocycles. The number of amides is 1. The molecule has 0 spiro atoms. The molecule has 0 heterocycles. The van der Waals surface area contributed by atoms with Gasteiger partial charge in [-0.3, -0.25) is 4.79 Å². The van der Waals surface area contributed by atoms with E-state index in [0.29, 0.717) is 0 Å². The van der Waals surface area contributed by atoms with Crippen molar-refractivity contribution in [2.45, 2.75) is 6.18 Å². The summed E-state index contributed by atoms with van der Waals surface area (Å²) in [5, 5.41) is 9.48. The average molecular weight is 302 g/mol. The van der Waals surface area contributed by atoms with Crippen LogP contribution in [0.1, 0.15) is 10.4 Å². The topological polar surface area (TPSA) is 66.4 Å². The number of carboxylic acids is 1. The number of nitrogens with one attached hydrogen (secondary N) is 1. The maximum Gasteiger partial charge on any atom is 0.471 e. The molecule has 1 aromatic carbocycles. The van der Waals surface area contributed by atoms with Gasteiger partial charge < -0.3 is 10.4 Å². The fourth-order valence-electron chi connectivity index (χ4n) is 1.04. The predicted molar refractivity (Wildman–Crippen MR) is 58.1 cm³/mol. The molecule has 2 N–H and O–H groups in total. The molecule has 4 nitrogen and oxygen atoms in total. The van der Waals surface area contributed by atoms with Gasteiger partial charge in [-0.05, 0) is 12.1 Å². The first-order valence-electron chi connectivity index (χ1n) is 4.24. The van der Waals surface area contributed by atoms with E-state index in [1.165, 1.54) is 5.32 Å². The molecule has 0 saturated heterocycles. The van der Waals surface area contributed by atoms with E-state index in [4.69, 9.17) is 28.3 Å². The van der Waals surface area contributed by atoms with Crippen molar-refractivity contribution in [2.75, 3.05) is 5.32 Å². The van der Waals surface area contributed by atoms with Gasteiger partial charge in [-0.2, -0.15) is 13.2 Å². The van der Waals surface area contributed by atoms with Crippen LogP contribution in [0, 0.1) is 0 Å². The Bertz CT molecular complexity index is 517. The minimum Gasteiger partial charge on any atom is -0.478 e. The number of alkyl halides is 3. The van der Waals surface area contributed by atoms with Crippen LogP contribution in [0.5, 0.6) is 0 Å². The molecule has 0 aromatic heterocycles. The van der Waals surface area contributed by atoms with Crippen LogP contribution in [0.25, 0.3) is 0 Å². The second-order valence-corrected chi connectivity index (χ2v) is 3.83. The molecule has 0 aliphatic carbocycles. The zero-order valence-corrected chi connectivity index (χ0v) is 9.82. The van der Waals surface area contributed by atoms with E-state index in [-0.39, 0.29) is 5.02 Å². The zero-order valence-electron chi connectivity index (χ0n) is 8.31. The van der Waals surface area contributed by atoms with Gasteiger partial charge in [-0.1, -0.05) is 23.2 Å². The average Bonchev–Trinajstić information content (AvgIpc) is 2.23. The molecule has 0 saturated carbocycles. The molecule has 1 rings (SSSR count). The number of aromatic carboxylic acids is 1. The third kappa shape index (κ3) is 3.05. The van der Waals surface area contributed by atoms with E-state index in [1.807, 2.05) is 0 Å². The van der Waals surface area contributed by atoms with Crippen LogP contribution in [0.4, 0.5) is 18.9 Å². The van der Waals surface area contributed by atoms with Crippen LogP contribution >= 0.6 is 23.2 Å². The van der Waals surface area contributed by atoms with Gasteiger partial charge in [0.2, 0.25) is 0 Å². The zero-order chi connectivity index (χ0) is 14.1. The highest BCUT2D eigenvalue weighted by Gasteiger charge is 2.39. The summed E-state index contributed by atoms with van der Waals surface area (Å²) in [5.41, 5.74) is -1.29. The highest BCUT2D eigenvalue weighted by atomic mass is 35.5. The molecule has 0 bridgehead atoms. The van der Waals surface area contributed by atoms with Gasteiger partial charge in [0.15, 0.2) is 0 Å². The third-order valence-corrected chi connectivity index (χ3v) is 2.63. The molecular weight excluding hydrogens is 298 g/mol. The Morgan fingerprint density at radius 3 is 2.22 bits per heavy atom. The summed E-state index contributed by atoms with van der Waals surface area (Å²) in [6.45, 7) is 0. The van der Waals surface area contributed by atoms with E-state index in [2.05, 4.69) is 0 Å². The van der Waals surface area contributed by atoms with Crippen molar-refractivity contribution in [1.82, 2.24) is 0 Å². The second kappa shape index (κ2) is 5.03. The molecule has 1 aromatic rings. The summed E-state index contributed by atoms with van der Waals surface area (Å²) in [4.78, 5) is 21.5. The van der Waals surface area contributed by atoms with E-state index >= 15 is 0 Å². The number of rotatable bonds is 2. The number of benzene rings is 1. The lowest BCUT2D eigenvalue weighted by atomic mass is 10.1. The molecule has 0 radical (unpaired) electrons. The summed E-state index contributed by atoms with van der Waals surface area (Å²) in [6, 6.07) is 2.03.